The number of sulfonamides is 1. The highest BCUT2D eigenvalue weighted by molar-refractivity contribution is 7.89. The summed E-state index contributed by atoms with van der Waals surface area (Å²) in [7, 11) is -3.99. The predicted molar refractivity (Wildman–Crippen MR) is 71.7 cm³/mol. The van der Waals surface area contributed by atoms with Gasteiger partial charge < -0.3 is 0 Å². The molecule has 0 aliphatic carbocycles. The summed E-state index contributed by atoms with van der Waals surface area (Å²) in [6, 6.07) is 7.91. The van der Waals surface area contributed by atoms with Crippen molar-refractivity contribution in [1.82, 2.24) is 4.72 Å². The van der Waals surface area contributed by atoms with Gasteiger partial charge in [-0.25, -0.2) is 26.3 Å². The number of hydrogen-bond acceptors (Lipinski definition) is 2. The minimum Gasteiger partial charge on any atom is -0.211 e. The molecule has 2 rings (SSSR count). The average Bonchev–Trinajstić information content (AvgIpc) is 2.37. The van der Waals surface area contributed by atoms with E-state index in [4.69, 9.17) is 0 Å². The number of hydrogen-bond donors (Lipinski definition) is 1. The van der Waals surface area contributed by atoms with Gasteiger partial charge in [0, 0.05) is 12.6 Å². The van der Waals surface area contributed by atoms with Gasteiger partial charge in [-0.3, -0.25) is 0 Å². The normalized spacial score (nSPS) is 11.6. The van der Waals surface area contributed by atoms with Gasteiger partial charge in [0.2, 0.25) is 10.0 Å². The first-order valence-corrected chi connectivity index (χ1v) is 7.56. The summed E-state index contributed by atoms with van der Waals surface area (Å²) in [5, 5.41) is 0. The smallest absolute Gasteiger partial charge is 0.211 e. The molecule has 112 valence electrons. The number of rotatable bonds is 5. The number of nitrogens with one attached hydrogen (secondary N) is 1. The SMILES string of the molecule is O=S(=O)(NCCc1cc(F)cc(F)c1)c1ccccc1F. The predicted octanol–water partition coefficient (Wildman–Crippen LogP) is 2.62. The lowest BCUT2D eigenvalue weighted by molar-refractivity contribution is 0.557. The van der Waals surface area contributed by atoms with E-state index in [2.05, 4.69) is 4.72 Å². The van der Waals surface area contributed by atoms with E-state index in [1.807, 2.05) is 0 Å². The van der Waals surface area contributed by atoms with Crippen molar-refractivity contribution in [2.24, 2.45) is 0 Å². The maximum atomic E-state index is 13.4. The van der Waals surface area contributed by atoms with Crippen molar-refractivity contribution < 1.29 is 21.6 Å². The molecule has 0 aliphatic rings. The maximum Gasteiger partial charge on any atom is 0.243 e. The van der Waals surface area contributed by atoms with Crippen LogP contribution in [0.5, 0.6) is 0 Å². The van der Waals surface area contributed by atoms with Gasteiger partial charge >= 0.3 is 0 Å². The van der Waals surface area contributed by atoms with Gasteiger partial charge in [-0.1, -0.05) is 12.1 Å². The lowest BCUT2D eigenvalue weighted by Gasteiger charge is -2.07. The second-order valence-corrected chi connectivity index (χ2v) is 6.09. The molecule has 2 aromatic rings. The molecule has 0 spiro atoms. The first-order chi connectivity index (χ1) is 9.88. The number of halogens is 3. The van der Waals surface area contributed by atoms with Gasteiger partial charge in [-0.15, -0.1) is 0 Å². The van der Waals surface area contributed by atoms with Crippen molar-refractivity contribution in [3.63, 3.8) is 0 Å². The minimum absolute atomic E-state index is 0.0857. The Morgan fingerprint density at radius 1 is 0.952 bits per heavy atom. The minimum atomic E-state index is -3.99. The monoisotopic (exact) mass is 315 g/mol. The van der Waals surface area contributed by atoms with Crippen molar-refractivity contribution in [3.05, 3.63) is 65.5 Å². The summed E-state index contributed by atoms with van der Waals surface area (Å²) in [5.41, 5.74) is 0.309. The van der Waals surface area contributed by atoms with Crippen molar-refractivity contribution in [2.45, 2.75) is 11.3 Å². The van der Waals surface area contributed by atoms with Gasteiger partial charge in [0.25, 0.3) is 0 Å². The fraction of sp³-hybridized carbons (Fsp3) is 0.143. The third-order valence-corrected chi connectivity index (χ3v) is 4.25. The van der Waals surface area contributed by atoms with Crippen LogP contribution in [-0.2, 0) is 16.4 Å². The first-order valence-electron chi connectivity index (χ1n) is 6.08. The molecule has 0 saturated carbocycles. The molecule has 0 unspecified atom stereocenters. The van der Waals surface area contributed by atoms with Crippen LogP contribution in [0.4, 0.5) is 13.2 Å². The van der Waals surface area contributed by atoms with Crippen LogP contribution >= 0.6 is 0 Å². The van der Waals surface area contributed by atoms with Crippen LogP contribution in [0.1, 0.15) is 5.56 Å². The molecule has 0 atom stereocenters. The van der Waals surface area contributed by atoms with Crippen molar-refractivity contribution >= 4 is 10.0 Å². The molecule has 0 heterocycles. The third kappa shape index (κ3) is 4.05. The summed E-state index contributed by atoms with van der Waals surface area (Å²) in [6.45, 7) is -0.0977. The molecule has 7 heteroatoms. The van der Waals surface area contributed by atoms with Crippen LogP contribution < -0.4 is 4.72 Å². The van der Waals surface area contributed by atoms with E-state index in [0.29, 0.717) is 5.56 Å². The third-order valence-electron chi connectivity index (χ3n) is 2.75. The lowest BCUT2D eigenvalue weighted by atomic mass is 10.1. The molecule has 3 nitrogen and oxygen atoms in total. The summed E-state index contributed by atoms with van der Waals surface area (Å²) in [6.07, 6.45) is 0.0857. The molecule has 0 amide bonds. The van der Waals surface area contributed by atoms with E-state index in [0.717, 1.165) is 30.3 Å². The molecule has 21 heavy (non-hydrogen) atoms. The zero-order chi connectivity index (χ0) is 15.5. The van der Waals surface area contributed by atoms with E-state index in [1.54, 1.807) is 0 Å². The van der Waals surface area contributed by atoms with Gasteiger partial charge in [0.1, 0.15) is 22.3 Å². The molecule has 1 N–H and O–H groups in total. The van der Waals surface area contributed by atoms with Gasteiger partial charge in [-0.2, -0.15) is 0 Å². The zero-order valence-corrected chi connectivity index (χ0v) is 11.6. The lowest BCUT2D eigenvalue weighted by Crippen LogP contribution is -2.26. The Morgan fingerprint density at radius 2 is 1.57 bits per heavy atom. The second-order valence-electron chi connectivity index (χ2n) is 4.36. The molecule has 0 fully saturated rings. The van der Waals surface area contributed by atoms with Crippen LogP contribution in [0.2, 0.25) is 0 Å². The Hall–Kier alpha value is -1.86. The van der Waals surface area contributed by atoms with Gasteiger partial charge in [0.05, 0.1) is 0 Å². The molecule has 0 aliphatic heterocycles. The standard InChI is InChI=1S/C14H12F3NO2S/c15-11-7-10(8-12(16)9-11)5-6-18-21(19,20)14-4-2-1-3-13(14)17/h1-4,7-9,18H,5-6H2. The molecule has 0 saturated heterocycles. The highest BCUT2D eigenvalue weighted by Gasteiger charge is 2.17. The van der Waals surface area contributed by atoms with Gasteiger partial charge in [-0.05, 0) is 36.2 Å². The van der Waals surface area contributed by atoms with E-state index >= 15 is 0 Å². The fourth-order valence-electron chi connectivity index (χ4n) is 1.83. The number of benzene rings is 2. The second kappa shape index (κ2) is 6.28. The van der Waals surface area contributed by atoms with Crippen LogP contribution in [0, 0.1) is 17.5 Å². The van der Waals surface area contributed by atoms with Crippen LogP contribution in [0.3, 0.4) is 0 Å². The molecular formula is C14H12F3NO2S. The maximum absolute atomic E-state index is 13.4. The summed E-state index contributed by atoms with van der Waals surface area (Å²) >= 11 is 0. The summed E-state index contributed by atoms with van der Waals surface area (Å²) in [5.74, 6) is -2.33. The Morgan fingerprint density at radius 3 is 2.19 bits per heavy atom. The van der Waals surface area contributed by atoms with Gasteiger partial charge in [0.15, 0.2) is 0 Å². The first kappa shape index (κ1) is 15.5. The molecule has 0 bridgehead atoms. The Kier molecular flexibility index (Phi) is 4.64. The molecule has 2 aromatic carbocycles. The highest BCUT2D eigenvalue weighted by Crippen LogP contribution is 2.13. The highest BCUT2D eigenvalue weighted by atomic mass is 32.2. The van der Waals surface area contributed by atoms with Crippen LogP contribution in [0.25, 0.3) is 0 Å². The molecular weight excluding hydrogens is 303 g/mol. The van der Waals surface area contributed by atoms with Crippen LogP contribution in [-0.4, -0.2) is 15.0 Å². The Bertz CT molecular complexity index is 727. The quantitative estimate of drug-likeness (QED) is 0.922. The Labute approximate surface area is 120 Å². The van der Waals surface area contributed by atoms with Crippen molar-refractivity contribution in [3.8, 4) is 0 Å². The van der Waals surface area contributed by atoms with Crippen molar-refractivity contribution in [1.29, 1.82) is 0 Å². The van der Waals surface area contributed by atoms with E-state index in [1.165, 1.54) is 12.1 Å². The van der Waals surface area contributed by atoms with E-state index < -0.39 is 32.4 Å². The Balaban J connectivity index is 2.04. The summed E-state index contributed by atoms with van der Waals surface area (Å²) in [4.78, 5) is -0.463. The molecule has 0 aromatic heterocycles. The van der Waals surface area contributed by atoms with Crippen molar-refractivity contribution in [2.75, 3.05) is 6.54 Å². The summed E-state index contributed by atoms with van der Waals surface area (Å²) < 4.78 is 65.3. The largest absolute Gasteiger partial charge is 0.243 e. The van der Waals surface area contributed by atoms with Crippen LogP contribution in [0.15, 0.2) is 47.4 Å². The zero-order valence-electron chi connectivity index (χ0n) is 10.8. The van der Waals surface area contributed by atoms with E-state index in [-0.39, 0.29) is 13.0 Å². The topological polar surface area (TPSA) is 46.2 Å². The fourth-order valence-corrected chi connectivity index (χ4v) is 2.93. The average molecular weight is 315 g/mol. The van der Waals surface area contributed by atoms with E-state index in [9.17, 15) is 21.6 Å². The molecule has 0 radical (unpaired) electrons.